The molecular formula is C21H21F3N4O4. The number of anilines is 1. The number of ether oxygens (including phenoxy) is 2. The molecule has 1 N–H and O–H groups in total. The van der Waals surface area contributed by atoms with Crippen molar-refractivity contribution in [3.8, 4) is 0 Å². The van der Waals surface area contributed by atoms with E-state index in [1.54, 1.807) is 31.2 Å². The van der Waals surface area contributed by atoms with Crippen LogP contribution in [-0.4, -0.2) is 54.4 Å². The number of halogens is 3. The van der Waals surface area contributed by atoms with Crippen molar-refractivity contribution >= 4 is 28.8 Å². The van der Waals surface area contributed by atoms with Gasteiger partial charge in [0.1, 0.15) is 11.4 Å². The normalized spacial score (nSPS) is 13.8. The maximum Gasteiger partial charge on any atom is 0.433 e. The Morgan fingerprint density at radius 2 is 2.03 bits per heavy atom. The molecule has 170 valence electrons. The van der Waals surface area contributed by atoms with Crippen LogP contribution in [0.15, 0.2) is 36.5 Å². The molecule has 11 heteroatoms. The summed E-state index contributed by atoms with van der Waals surface area (Å²) >= 11 is 0. The number of pyridine rings is 1. The summed E-state index contributed by atoms with van der Waals surface area (Å²) in [6, 6.07) is 6.13. The molecule has 8 nitrogen and oxygen atoms in total. The molecule has 0 bridgehead atoms. The van der Waals surface area contributed by atoms with Crippen molar-refractivity contribution in [3.05, 3.63) is 53.5 Å². The summed E-state index contributed by atoms with van der Waals surface area (Å²) < 4.78 is 49.6. The van der Waals surface area contributed by atoms with E-state index in [4.69, 9.17) is 4.74 Å². The lowest BCUT2D eigenvalue weighted by Gasteiger charge is -2.25. The molecule has 4 rings (SSSR count). The molecule has 0 spiro atoms. The topological polar surface area (TPSA) is 95.3 Å². The molecule has 1 amide bonds. The summed E-state index contributed by atoms with van der Waals surface area (Å²) in [6.45, 7) is 2.00. The lowest BCUT2D eigenvalue weighted by molar-refractivity contribution is -0.141. The quantitative estimate of drug-likeness (QED) is 0.599. The predicted molar refractivity (Wildman–Crippen MR) is 110 cm³/mol. The third-order valence-corrected chi connectivity index (χ3v) is 4.52. The van der Waals surface area contributed by atoms with Crippen molar-refractivity contribution in [1.82, 2.24) is 14.8 Å². The molecule has 0 aliphatic carbocycles. The molecule has 1 aliphatic heterocycles. The van der Waals surface area contributed by atoms with Crippen molar-refractivity contribution in [2.45, 2.75) is 12.7 Å². The van der Waals surface area contributed by atoms with Crippen LogP contribution in [-0.2, 0) is 22.2 Å². The fourth-order valence-electron chi connectivity index (χ4n) is 3.00. The molecular weight excluding hydrogens is 429 g/mol. The van der Waals surface area contributed by atoms with Crippen LogP contribution in [0.1, 0.15) is 26.5 Å². The standard InChI is InChI=1S/C19H15F3N4O3.C2H6O/c20-19(21,22)17-3-1-2-14(23-17)18(28)24-15-4-12-7-26(6-11-9-29-10-11)25-16(12)5-13(15)8-27;1-3-2/h1-5,7-8,11H,6,9-10H2,(H,24,28);1-2H3. The van der Waals surface area contributed by atoms with Gasteiger partial charge in [0.05, 0.1) is 24.4 Å². The van der Waals surface area contributed by atoms with Gasteiger partial charge in [-0.25, -0.2) is 4.98 Å². The second-order valence-corrected chi connectivity index (χ2v) is 7.14. The molecule has 2 aromatic heterocycles. The summed E-state index contributed by atoms with van der Waals surface area (Å²) in [6.07, 6.45) is -2.34. The minimum atomic E-state index is -4.66. The lowest BCUT2D eigenvalue weighted by Crippen LogP contribution is -2.31. The highest BCUT2D eigenvalue weighted by Crippen LogP contribution is 2.28. The number of hydrogen-bond donors (Lipinski definition) is 1. The van der Waals surface area contributed by atoms with Gasteiger partial charge in [0.2, 0.25) is 0 Å². The number of rotatable bonds is 5. The first-order valence-electron chi connectivity index (χ1n) is 9.55. The maximum atomic E-state index is 12.8. The largest absolute Gasteiger partial charge is 0.433 e. The summed E-state index contributed by atoms with van der Waals surface area (Å²) in [5.41, 5.74) is -0.671. The molecule has 0 atom stereocenters. The van der Waals surface area contributed by atoms with E-state index in [0.29, 0.717) is 42.9 Å². The van der Waals surface area contributed by atoms with Crippen LogP contribution in [0.25, 0.3) is 10.9 Å². The van der Waals surface area contributed by atoms with Gasteiger partial charge in [0, 0.05) is 43.8 Å². The first kappa shape index (κ1) is 23.4. The number of alkyl halides is 3. The predicted octanol–water partition coefficient (Wildman–Crippen LogP) is 3.42. The Morgan fingerprint density at radius 3 is 2.62 bits per heavy atom. The number of nitrogens with one attached hydrogen (secondary N) is 1. The second kappa shape index (κ2) is 9.88. The number of nitrogens with zero attached hydrogens (tertiary/aromatic N) is 3. The van der Waals surface area contributed by atoms with Gasteiger partial charge in [-0.1, -0.05) is 6.07 Å². The van der Waals surface area contributed by atoms with Crippen LogP contribution in [0.5, 0.6) is 0 Å². The summed E-state index contributed by atoms with van der Waals surface area (Å²) in [5.74, 6) is -0.474. The lowest BCUT2D eigenvalue weighted by atomic mass is 10.1. The molecule has 0 radical (unpaired) electrons. The van der Waals surface area contributed by atoms with Gasteiger partial charge in [0.15, 0.2) is 6.29 Å². The molecule has 3 aromatic rings. The van der Waals surface area contributed by atoms with Crippen LogP contribution in [0, 0.1) is 5.92 Å². The number of benzene rings is 1. The van der Waals surface area contributed by atoms with Gasteiger partial charge in [-0.05, 0) is 24.3 Å². The monoisotopic (exact) mass is 450 g/mol. The average molecular weight is 450 g/mol. The third kappa shape index (κ3) is 5.48. The summed E-state index contributed by atoms with van der Waals surface area (Å²) in [5, 5.41) is 7.56. The van der Waals surface area contributed by atoms with E-state index >= 15 is 0 Å². The number of fused-ring (bicyclic) bond motifs is 1. The van der Waals surface area contributed by atoms with E-state index in [0.717, 1.165) is 12.1 Å². The highest BCUT2D eigenvalue weighted by atomic mass is 19.4. The molecule has 1 aliphatic rings. The number of amides is 1. The zero-order chi connectivity index (χ0) is 23.3. The van der Waals surface area contributed by atoms with E-state index in [1.165, 1.54) is 12.1 Å². The smallest absolute Gasteiger partial charge is 0.388 e. The Hall–Kier alpha value is -3.31. The van der Waals surface area contributed by atoms with Gasteiger partial charge in [0.25, 0.3) is 5.91 Å². The molecule has 1 fully saturated rings. The van der Waals surface area contributed by atoms with Crippen molar-refractivity contribution in [2.75, 3.05) is 32.8 Å². The van der Waals surface area contributed by atoms with Crippen molar-refractivity contribution < 1.29 is 32.2 Å². The van der Waals surface area contributed by atoms with Crippen LogP contribution in [0.4, 0.5) is 18.9 Å². The first-order valence-corrected chi connectivity index (χ1v) is 9.55. The van der Waals surface area contributed by atoms with Crippen molar-refractivity contribution in [1.29, 1.82) is 0 Å². The van der Waals surface area contributed by atoms with Crippen molar-refractivity contribution in [2.24, 2.45) is 5.92 Å². The number of methoxy groups -OCH3 is 1. The SMILES string of the molecule is COC.O=Cc1cc2nn(CC3COC3)cc2cc1NC(=O)c1cccc(C(F)(F)F)n1. The zero-order valence-corrected chi connectivity index (χ0v) is 17.3. The second-order valence-electron chi connectivity index (χ2n) is 7.14. The van der Waals surface area contributed by atoms with Crippen molar-refractivity contribution in [3.63, 3.8) is 0 Å². The Balaban J connectivity index is 0.000000913. The highest BCUT2D eigenvalue weighted by molar-refractivity contribution is 6.07. The van der Waals surface area contributed by atoms with Crippen LogP contribution in [0.2, 0.25) is 0 Å². The molecule has 1 aromatic carbocycles. The van der Waals surface area contributed by atoms with Gasteiger partial charge < -0.3 is 14.8 Å². The minimum Gasteiger partial charge on any atom is -0.388 e. The number of hydrogen-bond acceptors (Lipinski definition) is 6. The Labute approximate surface area is 181 Å². The van der Waals surface area contributed by atoms with Crippen LogP contribution >= 0.6 is 0 Å². The molecule has 0 unspecified atom stereocenters. The van der Waals surface area contributed by atoms with E-state index in [1.807, 2.05) is 0 Å². The van der Waals surface area contributed by atoms with Crippen LogP contribution < -0.4 is 5.32 Å². The van der Waals surface area contributed by atoms with E-state index in [9.17, 15) is 22.8 Å². The van der Waals surface area contributed by atoms with E-state index in [2.05, 4.69) is 20.1 Å². The minimum absolute atomic E-state index is 0.162. The van der Waals surface area contributed by atoms with Gasteiger partial charge in [-0.15, -0.1) is 0 Å². The average Bonchev–Trinajstić information content (AvgIpc) is 3.11. The molecule has 1 saturated heterocycles. The summed E-state index contributed by atoms with van der Waals surface area (Å²) in [4.78, 5) is 27.2. The van der Waals surface area contributed by atoms with Crippen LogP contribution in [0.3, 0.4) is 0 Å². The number of carbonyl (C=O) groups is 2. The number of carbonyl (C=O) groups excluding carboxylic acids is 2. The van der Waals surface area contributed by atoms with Gasteiger partial charge in [-0.2, -0.15) is 18.3 Å². The van der Waals surface area contributed by atoms with Gasteiger partial charge >= 0.3 is 6.18 Å². The summed E-state index contributed by atoms with van der Waals surface area (Å²) in [7, 11) is 3.25. The molecule has 32 heavy (non-hydrogen) atoms. The third-order valence-electron chi connectivity index (χ3n) is 4.52. The Bertz CT molecular complexity index is 1110. The Morgan fingerprint density at radius 1 is 1.31 bits per heavy atom. The zero-order valence-electron chi connectivity index (χ0n) is 17.3. The fourth-order valence-corrected chi connectivity index (χ4v) is 3.00. The van der Waals surface area contributed by atoms with E-state index in [-0.39, 0.29) is 11.3 Å². The molecule has 3 heterocycles. The Kier molecular flexibility index (Phi) is 7.21. The van der Waals surface area contributed by atoms with E-state index < -0.39 is 23.5 Å². The molecule has 0 saturated carbocycles. The number of aldehydes is 1. The first-order chi connectivity index (χ1) is 15.2. The van der Waals surface area contributed by atoms with Gasteiger partial charge in [-0.3, -0.25) is 14.3 Å². The maximum absolute atomic E-state index is 12.8. The highest BCUT2D eigenvalue weighted by Gasteiger charge is 2.33. The number of aromatic nitrogens is 3. The fraction of sp³-hybridized carbons (Fsp3) is 0.333.